The fourth-order valence-corrected chi connectivity index (χ4v) is 2.66. The van der Waals surface area contributed by atoms with E-state index in [0.717, 1.165) is 21.8 Å². The largest absolute Gasteiger partial charge is 0.872 e. The van der Waals surface area contributed by atoms with Gasteiger partial charge in [0.15, 0.2) is 11.0 Å². The van der Waals surface area contributed by atoms with E-state index in [-0.39, 0.29) is 17.4 Å². The normalized spacial score (nSPS) is 11.1. The molecule has 0 aliphatic heterocycles. The van der Waals surface area contributed by atoms with Gasteiger partial charge in [0.2, 0.25) is 0 Å². The van der Waals surface area contributed by atoms with E-state index < -0.39 is 0 Å². The molecular weight excluding hydrogens is 312 g/mol. The lowest BCUT2D eigenvalue weighted by molar-refractivity contribution is -0.396. The molecule has 3 aromatic rings. The number of H-pyrrole nitrogens is 2. The number of hydrazone groups is 1. The monoisotopic (exact) mass is 326 g/mol. The van der Waals surface area contributed by atoms with Gasteiger partial charge in [0.25, 0.3) is 5.91 Å². The first-order chi connectivity index (χ1) is 11.2. The standard InChI is InChI=1S/C16H14N4O2S/c21-12-7-5-11(6-8-12)9-17-20-15(22)10-23-16-18-13-3-1-2-4-14(13)19-16/h1-9,21H,10H2,(H,18,19)(H,20,22). The Labute approximate surface area is 136 Å². The molecule has 3 rings (SSSR count). The number of carbonyl (C=O) groups is 1. The number of nitrogens with one attached hydrogen (secondary N) is 3. The summed E-state index contributed by atoms with van der Waals surface area (Å²) in [7, 11) is 0. The van der Waals surface area contributed by atoms with Crippen LogP contribution in [0.1, 0.15) is 5.56 Å². The van der Waals surface area contributed by atoms with Gasteiger partial charge in [0.1, 0.15) is 0 Å². The van der Waals surface area contributed by atoms with Crippen molar-refractivity contribution < 1.29 is 14.9 Å². The first-order valence-corrected chi connectivity index (χ1v) is 7.91. The second-order valence-electron chi connectivity index (χ2n) is 4.78. The third kappa shape index (κ3) is 4.10. The molecule has 1 aromatic heterocycles. The maximum atomic E-state index is 11.8. The quantitative estimate of drug-likeness (QED) is 0.420. The summed E-state index contributed by atoms with van der Waals surface area (Å²) in [6, 6.07) is 14.0. The lowest BCUT2D eigenvalue weighted by Gasteiger charge is -2.02. The van der Waals surface area contributed by atoms with Crippen LogP contribution in [0.15, 0.2) is 58.8 Å². The molecule has 1 amide bonds. The molecule has 0 atom stereocenters. The Hall–Kier alpha value is -2.80. The van der Waals surface area contributed by atoms with Crippen LogP contribution in [-0.2, 0) is 4.79 Å². The second-order valence-corrected chi connectivity index (χ2v) is 5.76. The molecule has 7 heteroatoms. The summed E-state index contributed by atoms with van der Waals surface area (Å²) in [5.41, 5.74) is 5.20. The van der Waals surface area contributed by atoms with Crippen LogP contribution in [0, 0.1) is 0 Å². The molecule has 0 aliphatic carbocycles. The number of para-hydroxylation sites is 2. The summed E-state index contributed by atoms with van der Waals surface area (Å²) in [6.07, 6.45) is 1.50. The number of thioether (sulfide) groups is 1. The molecule has 0 aliphatic rings. The van der Waals surface area contributed by atoms with E-state index >= 15 is 0 Å². The first kappa shape index (κ1) is 15.1. The first-order valence-electron chi connectivity index (χ1n) is 6.92. The number of amides is 1. The zero-order valence-corrected chi connectivity index (χ0v) is 12.9. The van der Waals surface area contributed by atoms with Gasteiger partial charge in [-0.05, 0) is 29.5 Å². The summed E-state index contributed by atoms with van der Waals surface area (Å²) in [5, 5.41) is 15.6. The van der Waals surface area contributed by atoms with Gasteiger partial charge in [0.05, 0.1) is 12.0 Å². The SMILES string of the molecule is O=C(CSc1[nH]c2ccccc2[nH+]1)NN=Cc1ccc([O-])cc1. The maximum Gasteiger partial charge on any atom is 0.315 e. The van der Waals surface area contributed by atoms with Crippen LogP contribution in [0.2, 0.25) is 0 Å². The lowest BCUT2D eigenvalue weighted by Crippen LogP contribution is -2.20. The van der Waals surface area contributed by atoms with Gasteiger partial charge in [-0.1, -0.05) is 36.4 Å². The van der Waals surface area contributed by atoms with Crippen molar-refractivity contribution >= 4 is 34.9 Å². The molecule has 3 N–H and O–H groups in total. The van der Waals surface area contributed by atoms with Gasteiger partial charge in [-0.2, -0.15) is 5.10 Å². The van der Waals surface area contributed by atoms with E-state index in [0.29, 0.717) is 0 Å². The molecule has 2 aromatic carbocycles. The number of aromatic nitrogens is 2. The number of aromatic amines is 2. The van der Waals surface area contributed by atoms with Crippen LogP contribution in [0.3, 0.4) is 0 Å². The van der Waals surface area contributed by atoms with Crippen LogP contribution in [0.25, 0.3) is 11.0 Å². The third-order valence-electron chi connectivity index (χ3n) is 3.05. The average Bonchev–Trinajstić information content (AvgIpc) is 2.98. The Kier molecular flexibility index (Phi) is 4.58. The number of fused-ring (bicyclic) bond motifs is 1. The van der Waals surface area contributed by atoms with Crippen LogP contribution in [0.4, 0.5) is 0 Å². The Morgan fingerprint density at radius 3 is 2.83 bits per heavy atom. The average molecular weight is 326 g/mol. The highest BCUT2D eigenvalue weighted by molar-refractivity contribution is 7.99. The minimum atomic E-state index is -0.209. The topological polar surface area (TPSA) is 94.5 Å². The number of hydrogen-bond donors (Lipinski definition) is 2. The zero-order valence-electron chi connectivity index (χ0n) is 12.1. The summed E-state index contributed by atoms with van der Waals surface area (Å²) in [6.45, 7) is 0. The molecule has 6 nitrogen and oxygen atoms in total. The number of hydrogen-bond acceptors (Lipinski definition) is 4. The van der Waals surface area contributed by atoms with E-state index in [1.165, 1.54) is 30.1 Å². The highest BCUT2D eigenvalue weighted by Gasteiger charge is 2.11. The minimum absolute atomic E-state index is 0.0582. The summed E-state index contributed by atoms with van der Waals surface area (Å²) < 4.78 is 0. The molecule has 0 unspecified atom stereocenters. The summed E-state index contributed by atoms with van der Waals surface area (Å²) in [5.74, 6) is -0.0314. The van der Waals surface area contributed by atoms with E-state index in [2.05, 4.69) is 20.5 Å². The zero-order chi connectivity index (χ0) is 16.1. The molecule has 0 radical (unpaired) electrons. The molecule has 0 bridgehead atoms. The van der Waals surface area contributed by atoms with Crippen molar-refractivity contribution in [3.63, 3.8) is 0 Å². The predicted molar refractivity (Wildman–Crippen MR) is 87.2 cm³/mol. The molecule has 1 heterocycles. The molecule has 0 saturated carbocycles. The number of benzene rings is 2. The summed E-state index contributed by atoms with van der Waals surface area (Å²) in [4.78, 5) is 18.1. The number of rotatable bonds is 5. The van der Waals surface area contributed by atoms with Crippen LogP contribution in [-0.4, -0.2) is 22.9 Å². The van der Waals surface area contributed by atoms with Crippen LogP contribution < -0.4 is 15.5 Å². The number of carbonyl (C=O) groups excluding carboxylic acids is 1. The van der Waals surface area contributed by atoms with Gasteiger partial charge in [-0.25, -0.2) is 15.4 Å². The van der Waals surface area contributed by atoms with Crippen molar-refractivity contribution in [2.75, 3.05) is 5.75 Å². The highest BCUT2D eigenvalue weighted by atomic mass is 32.2. The van der Waals surface area contributed by atoms with Gasteiger partial charge >= 0.3 is 5.16 Å². The Balaban J connectivity index is 1.50. The lowest BCUT2D eigenvalue weighted by atomic mass is 10.2. The molecular formula is C16H14N4O2S. The van der Waals surface area contributed by atoms with Crippen molar-refractivity contribution in [2.24, 2.45) is 5.10 Å². The van der Waals surface area contributed by atoms with Crippen molar-refractivity contribution in [3.8, 4) is 5.75 Å². The Morgan fingerprint density at radius 2 is 2.04 bits per heavy atom. The van der Waals surface area contributed by atoms with Crippen LogP contribution >= 0.6 is 11.8 Å². The minimum Gasteiger partial charge on any atom is -0.872 e. The molecule has 23 heavy (non-hydrogen) atoms. The fourth-order valence-electron chi connectivity index (χ4n) is 1.95. The van der Waals surface area contributed by atoms with Gasteiger partial charge < -0.3 is 5.11 Å². The number of imidazole rings is 1. The Bertz CT molecular complexity index is 810. The molecule has 0 spiro atoms. The molecule has 0 fully saturated rings. The third-order valence-corrected chi connectivity index (χ3v) is 3.95. The molecule has 116 valence electrons. The van der Waals surface area contributed by atoms with Crippen LogP contribution in [0.5, 0.6) is 5.75 Å². The van der Waals surface area contributed by atoms with E-state index in [1.54, 1.807) is 12.1 Å². The van der Waals surface area contributed by atoms with Gasteiger partial charge in [-0.15, -0.1) is 5.75 Å². The van der Waals surface area contributed by atoms with E-state index in [1.807, 2.05) is 24.3 Å². The van der Waals surface area contributed by atoms with Crippen molar-refractivity contribution in [1.29, 1.82) is 0 Å². The predicted octanol–water partition coefficient (Wildman–Crippen LogP) is 1.30. The van der Waals surface area contributed by atoms with Crippen molar-refractivity contribution in [1.82, 2.24) is 10.4 Å². The number of nitrogens with zero attached hydrogens (tertiary/aromatic N) is 1. The van der Waals surface area contributed by atoms with Gasteiger partial charge in [0, 0.05) is 0 Å². The van der Waals surface area contributed by atoms with E-state index in [9.17, 15) is 9.90 Å². The highest BCUT2D eigenvalue weighted by Crippen LogP contribution is 2.14. The second kappa shape index (κ2) is 6.97. The smallest absolute Gasteiger partial charge is 0.315 e. The van der Waals surface area contributed by atoms with Gasteiger partial charge in [-0.3, -0.25) is 4.79 Å². The fraction of sp³-hybridized carbons (Fsp3) is 0.0625. The Morgan fingerprint density at radius 1 is 1.26 bits per heavy atom. The van der Waals surface area contributed by atoms with E-state index in [4.69, 9.17) is 0 Å². The maximum absolute atomic E-state index is 11.8. The molecule has 0 saturated heterocycles. The van der Waals surface area contributed by atoms with Crippen molar-refractivity contribution in [3.05, 3.63) is 54.1 Å². The van der Waals surface area contributed by atoms with Crippen molar-refractivity contribution in [2.45, 2.75) is 5.16 Å². The summed E-state index contributed by atoms with van der Waals surface area (Å²) >= 11 is 1.36.